The molecule has 1 aliphatic rings. The largest absolute Gasteiger partial charge is 0.480 e. The summed E-state index contributed by atoms with van der Waals surface area (Å²) in [5.41, 5.74) is 2.07. The second kappa shape index (κ2) is 5.22. The molecule has 104 valence electrons. The zero-order valence-electron chi connectivity index (χ0n) is 10.6. The van der Waals surface area contributed by atoms with Crippen LogP contribution in [0.1, 0.15) is 25.3 Å². The number of carboxylic acid groups (broad SMARTS) is 1. The molecule has 0 saturated carbocycles. The van der Waals surface area contributed by atoms with E-state index in [2.05, 4.69) is 5.43 Å². The summed E-state index contributed by atoms with van der Waals surface area (Å²) < 4.78 is 26.5. The van der Waals surface area contributed by atoms with E-state index in [4.69, 9.17) is 0 Å². The first kappa shape index (κ1) is 13.9. The van der Waals surface area contributed by atoms with Crippen molar-refractivity contribution in [3.05, 3.63) is 35.4 Å². The van der Waals surface area contributed by atoms with Gasteiger partial charge in [0.05, 0.1) is 0 Å². The summed E-state index contributed by atoms with van der Waals surface area (Å²) in [5.74, 6) is -2.72. The fourth-order valence-electron chi connectivity index (χ4n) is 2.30. The summed E-state index contributed by atoms with van der Waals surface area (Å²) in [6.07, 6.45) is 1.28. The predicted octanol–water partition coefficient (Wildman–Crippen LogP) is 1.91. The monoisotopic (exact) mass is 270 g/mol. The van der Waals surface area contributed by atoms with Gasteiger partial charge in [0.2, 0.25) is 0 Å². The van der Waals surface area contributed by atoms with Crippen LogP contribution in [0.5, 0.6) is 0 Å². The number of nitrogens with one attached hydrogen (secondary N) is 1. The van der Waals surface area contributed by atoms with Gasteiger partial charge in [-0.25, -0.2) is 19.2 Å². The Morgan fingerprint density at radius 3 is 2.95 bits per heavy atom. The van der Waals surface area contributed by atoms with Gasteiger partial charge in [-0.1, -0.05) is 12.1 Å². The van der Waals surface area contributed by atoms with Crippen LogP contribution in [0.15, 0.2) is 18.2 Å². The maximum Gasteiger partial charge on any atom is 0.325 e. The molecule has 1 saturated heterocycles. The lowest BCUT2D eigenvalue weighted by Crippen LogP contribution is -2.54. The van der Waals surface area contributed by atoms with E-state index in [1.165, 1.54) is 12.1 Å². The van der Waals surface area contributed by atoms with Gasteiger partial charge < -0.3 is 5.11 Å². The number of aliphatic carboxylic acids is 1. The number of hydrogen-bond acceptors (Lipinski definition) is 3. The minimum Gasteiger partial charge on any atom is -0.480 e. The molecule has 2 rings (SSSR count). The second-order valence-electron chi connectivity index (χ2n) is 4.88. The highest BCUT2D eigenvalue weighted by Crippen LogP contribution is 2.27. The highest BCUT2D eigenvalue weighted by Gasteiger charge is 2.43. The molecule has 4 nitrogen and oxygen atoms in total. The Balaban J connectivity index is 2.06. The number of hydrogen-bond donors (Lipinski definition) is 2. The molecule has 1 fully saturated rings. The smallest absolute Gasteiger partial charge is 0.325 e. The number of carboxylic acids is 1. The normalized spacial score (nSPS) is 23.7. The lowest BCUT2D eigenvalue weighted by molar-refractivity contribution is -0.150. The predicted molar refractivity (Wildman–Crippen MR) is 65.2 cm³/mol. The highest BCUT2D eigenvalue weighted by molar-refractivity contribution is 5.78. The molecule has 0 amide bonds. The number of benzene rings is 1. The van der Waals surface area contributed by atoms with Crippen molar-refractivity contribution in [2.75, 3.05) is 6.54 Å². The number of hydrazine groups is 1. The fourth-order valence-corrected chi connectivity index (χ4v) is 2.30. The Morgan fingerprint density at radius 2 is 2.26 bits per heavy atom. The van der Waals surface area contributed by atoms with E-state index in [1.807, 2.05) is 0 Å². The lowest BCUT2D eigenvalue weighted by Gasteiger charge is -2.31. The van der Waals surface area contributed by atoms with Crippen molar-refractivity contribution in [3.8, 4) is 0 Å². The molecule has 0 spiro atoms. The molecular formula is C13H16F2N2O2. The Kier molecular flexibility index (Phi) is 3.82. The molecular weight excluding hydrogens is 254 g/mol. The van der Waals surface area contributed by atoms with E-state index < -0.39 is 23.1 Å². The summed E-state index contributed by atoms with van der Waals surface area (Å²) in [6.45, 7) is 2.25. The maximum atomic E-state index is 13.5. The quantitative estimate of drug-likeness (QED) is 0.877. The Bertz CT molecular complexity index is 496. The summed E-state index contributed by atoms with van der Waals surface area (Å²) in [6, 6.07) is 3.95. The van der Waals surface area contributed by atoms with Crippen molar-refractivity contribution in [2.45, 2.75) is 31.8 Å². The molecule has 0 unspecified atom stereocenters. The van der Waals surface area contributed by atoms with Crippen LogP contribution in [0.25, 0.3) is 0 Å². The Labute approximate surface area is 110 Å². The SMILES string of the molecule is C[C@]1(C(=O)O)CCCN1NCc1cccc(F)c1F. The molecule has 1 aliphatic heterocycles. The van der Waals surface area contributed by atoms with E-state index >= 15 is 0 Å². The summed E-state index contributed by atoms with van der Waals surface area (Å²) in [5, 5.41) is 10.8. The van der Waals surface area contributed by atoms with Crippen molar-refractivity contribution >= 4 is 5.97 Å². The van der Waals surface area contributed by atoms with Crippen LogP contribution >= 0.6 is 0 Å². The summed E-state index contributed by atoms with van der Waals surface area (Å²) in [7, 11) is 0. The third kappa shape index (κ3) is 2.59. The van der Waals surface area contributed by atoms with Gasteiger partial charge in [-0.15, -0.1) is 0 Å². The minimum absolute atomic E-state index is 0.0620. The maximum absolute atomic E-state index is 13.5. The third-order valence-electron chi connectivity index (χ3n) is 3.59. The third-order valence-corrected chi connectivity index (χ3v) is 3.59. The number of carbonyl (C=O) groups is 1. The standard InChI is InChI=1S/C13H16F2N2O2/c1-13(12(18)19)6-3-7-17(13)16-8-9-4-2-5-10(14)11(9)15/h2,4-5,16H,3,6-8H2,1H3,(H,18,19)/t13-/m1/s1. The molecule has 0 radical (unpaired) electrons. The van der Waals surface area contributed by atoms with Crippen molar-refractivity contribution in [2.24, 2.45) is 0 Å². The Morgan fingerprint density at radius 1 is 1.53 bits per heavy atom. The number of rotatable bonds is 4. The molecule has 0 bridgehead atoms. The summed E-state index contributed by atoms with van der Waals surface area (Å²) >= 11 is 0. The van der Waals surface area contributed by atoms with Gasteiger partial charge in [0.25, 0.3) is 0 Å². The lowest BCUT2D eigenvalue weighted by atomic mass is 10.0. The van der Waals surface area contributed by atoms with Gasteiger partial charge in [0.15, 0.2) is 11.6 Å². The average Bonchev–Trinajstić information content (AvgIpc) is 2.74. The molecule has 1 aromatic rings. The number of halogens is 2. The van der Waals surface area contributed by atoms with Crippen LogP contribution in [-0.4, -0.2) is 28.2 Å². The van der Waals surface area contributed by atoms with Gasteiger partial charge in [-0.2, -0.15) is 0 Å². The van der Waals surface area contributed by atoms with Crippen molar-refractivity contribution < 1.29 is 18.7 Å². The van der Waals surface area contributed by atoms with Crippen molar-refractivity contribution in [1.29, 1.82) is 0 Å². The van der Waals surface area contributed by atoms with E-state index in [0.717, 1.165) is 12.5 Å². The van der Waals surface area contributed by atoms with Crippen LogP contribution < -0.4 is 5.43 Å². The van der Waals surface area contributed by atoms with Gasteiger partial charge in [-0.3, -0.25) is 4.79 Å². The average molecular weight is 270 g/mol. The molecule has 0 aromatic heterocycles. The zero-order chi connectivity index (χ0) is 14.0. The first-order valence-electron chi connectivity index (χ1n) is 6.12. The highest BCUT2D eigenvalue weighted by atomic mass is 19.2. The zero-order valence-corrected chi connectivity index (χ0v) is 10.6. The second-order valence-corrected chi connectivity index (χ2v) is 4.88. The molecule has 1 atom stereocenters. The topological polar surface area (TPSA) is 52.6 Å². The van der Waals surface area contributed by atoms with Gasteiger partial charge in [-0.05, 0) is 25.8 Å². The van der Waals surface area contributed by atoms with Crippen LogP contribution in [0.2, 0.25) is 0 Å². The molecule has 0 aliphatic carbocycles. The van der Waals surface area contributed by atoms with Gasteiger partial charge in [0.1, 0.15) is 5.54 Å². The van der Waals surface area contributed by atoms with Crippen molar-refractivity contribution in [3.63, 3.8) is 0 Å². The summed E-state index contributed by atoms with van der Waals surface area (Å²) in [4.78, 5) is 11.3. The van der Waals surface area contributed by atoms with E-state index in [0.29, 0.717) is 13.0 Å². The van der Waals surface area contributed by atoms with Crippen LogP contribution in [0, 0.1) is 11.6 Å². The molecule has 1 heterocycles. The molecule has 1 aromatic carbocycles. The minimum atomic E-state index is -0.996. The van der Waals surface area contributed by atoms with E-state index in [-0.39, 0.29) is 12.1 Å². The van der Waals surface area contributed by atoms with Crippen LogP contribution in [0.3, 0.4) is 0 Å². The van der Waals surface area contributed by atoms with Gasteiger partial charge >= 0.3 is 5.97 Å². The molecule has 2 N–H and O–H groups in total. The van der Waals surface area contributed by atoms with Gasteiger partial charge in [0, 0.05) is 18.7 Å². The number of nitrogens with zero attached hydrogens (tertiary/aromatic N) is 1. The molecule has 19 heavy (non-hydrogen) atoms. The van der Waals surface area contributed by atoms with Crippen molar-refractivity contribution in [1.82, 2.24) is 10.4 Å². The first-order chi connectivity index (χ1) is 8.95. The van der Waals surface area contributed by atoms with E-state index in [9.17, 15) is 18.7 Å². The Hall–Kier alpha value is -1.53. The van der Waals surface area contributed by atoms with E-state index in [1.54, 1.807) is 11.9 Å². The fraction of sp³-hybridized carbons (Fsp3) is 0.462. The van der Waals surface area contributed by atoms with Crippen LogP contribution in [-0.2, 0) is 11.3 Å². The molecule has 6 heteroatoms. The first-order valence-corrected chi connectivity index (χ1v) is 6.12. The van der Waals surface area contributed by atoms with Crippen LogP contribution in [0.4, 0.5) is 8.78 Å².